The number of hydrogen-bond donors (Lipinski definition) is 1. The van der Waals surface area contributed by atoms with Gasteiger partial charge in [-0.25, -0.2) is 0 Å². The predicted octanol–water partition coefficient (Wildman–Crippen LogP) is 0.0796. The highest BCUT2D eigenvalue weighted by Gasteiger charge is 2.12. The van der Waals surface area contributed by atoms with Crippen molar-refractivity contribution in [3.8, 4) is 5.75 Å². The Hall–Kier alpha value is -1.62. The molecular weight excluding hydrogens is 361 g/mol. The van der Waals surface area contributed by atoms with E-state index in [1.807, 2.05) is 36.5 Å². The lowest BCUT2D eigenvalue weighted by Gasteiger charge is -2.03. The first-order valence-electron chi connectivity index (χ1n) is 6.49. The number of benzene rings is 2. The van der Waals surface area contributed by atoms with Gasteiger partial charge in [0.1, 0.15) is 0 Å². The quantitative estimate of drug-likeness (QED) is 0.508. The smallest absolute Gasteiger partial charge is 0.254 e. The van der Waals surface area contributed by atoms with Crippen molar-refractivity contribution in [1.29, 1.82) is 0 Å². The zero-order chi connectivity index (χ0) is 13.1. The molecule has 0 saturated carbocycles. The first-order valence-corrected chi connectivity index (χ1v) is 6.49. The highest BCUT2D eigenvalue weighted by molar-refractivity contribution is 5.80. The van der Waals surface area contributed by atoms with Crippen LogP contribution < -0.4 is 28.5 Å². The zero-order valence-electron chi connectivity index (χ0n) is 11.0. The van der Waals surface area contributed by atoms with E-state index in [4.69, 9.17) is 0 Å². The highest BCUT2D eigenvalue weighted by atomic mass is 127. The molecule has 1 aromatic heterocycles. The van der Waals surface area contributed by atoms with Crippen LogP contribution >= 0.6 is 0 Å². The van der Waals surface area contributed by atoms with Gasteiger partial charge in [0, 0.05) is 12.5 Å². The van der Waals surface area contributed by atoms with Crippen LogP contribution in [-0.4, -0.2) is 5.11 Å². The Balaban J connectivity index is 0.00000147. The van der Waals surface area contributed by atoms with Gasteiger partial charge in [0.25, 0.3) is 5.52 Å². The van der Waals surface area contributed by atoms with E-state index in [-0.39, 0.29) is 24.0 Å². The summed E-state index contributed by atoms with van der Waals surface area (Å²) >= 11 is 0. The van der Waals surface area contributed by atoms with E-state index in [1.54, 1.807) is 6.07 Å². The number of aromatic nitrogens is 1. The van der Waals surface area contributed by atoms with E-state index in [0.717, 1.165) is 23.9 Å². The van der Waals surface area contributed by atoms with E-state index in [2.05, 4.69) is 28.8 Å². The van der Waals surface area contributed by atoms with Crippen molar-refractivity contribution >= 4 is 10.9 Å². The molecule has 0 aliphatic rings. The third-order valence-corrected chi connectivity index (χ3v) is 3.36. The van der Waals surface area contributed by atoms with Crippen molar-refractivity contribution in [2.75, 3.05) is 0 Å². The third-order valence-electron chi connectivity index (χ3n) is 3.36. The number of rotatable bonds is 3. The van der Waals surface area contributed by atoms with Gasteiger partial charge in [0.15, 0.2) is 18.5 Å². The van der Waals surface area contributed by atoms with Gasteiger partial charge in [-0.1, -0.05) is 36.4 Å². The van der Waals surface area contributed by atoms with E-state index < -0.39 is 0 Å². The largest absolute Gasteiger partial charge is 1.00 e. The first kappa shape index (κ1) is 14.8. The van der Waals surface area contributed by atoms with Gasteiger partial charge in [-0.05, 0) is 23.8 Å². The molecule has 2 nitrogen and oxygen atoms in total. The summed E-state index contributed by atoms with van der Waals surface area (Å²) in [5, 5.41) is 11.1. The Kier molecular flexibility index (Phi) is 4.95. The molecule has 0 unspecified atom stereocenters. The maximum atomic E-state index is 10.0. The van der Waals surface area contributed by atoms with E-state index in [1.165, 1.54) is 5.56 Å². The number of phenolic OH excluding ortho intramolecular Hbond substituents is 1. The Morgan fingerprint density at radius 2 is 1.60 bits per heavy atom. The normalized spacial score (nSPS) is 10.2. The summed E-state index contributed by atoms with van der Waals surface area (Å²) in [6.45, 7) is 0.860. The van der Waals surface area contributed by atoms with Crippen LogP contribution in [0.15, 0.2) is 66.9 Å². The summed E-state index contributed by atoms with van der Waals surface area (Å²) in [6, 6.07) is 20.1. The van der Waals surface area contributed by atoms with Crippen LogP contribution in [0.25, 0.3) is 10.9 Å². The molecule has 0 spiro atoms. The summed E-state index contributed by atoms with van der Waals surface area (Å²) in [7, 11) is 0. The fraction of sp³-hybridized carbons (Fsp3) is 0.118. The lowest BCUT2D eigenvalue weighted by molar-refractivity contribution is -0.671. The van der Waals surface area contributed by atoms with E-state index >= 15 is 0 Å². The number of halogens is 1. The summed E-state index contributed by atoms with van der Waals surface area (Å²) < 4.78 is 2.11. The fourth-order valence-corrected chi connectivity index (χ4v) is 2.40. The zero-order valence-corrected chi connectivity index (χ0v) is 13.2. The van der Waals surface area contributed by atoms with Crippen LogP contribution in [0, 0.1) is 0 Å². The van der Waals surface area contributed by atoms with Gasteiger partial charge in [0.2, 0.25) is 0 Å². The van der Waals surface area contributed by atoms with Gasteiger partial charge in [-0.2, -0.15) is 4.57 Å². The Bertz CT molecular complexity index is 692. The number of nitrogens with zero attached hydrogens (tertiary/aromatic N) is 1. The number of phenols is 1. The predicted molar refractivity (Wildman–Crippen MR) is 76.0 cm³/mol. The summed E-state index contributed by atoms with van der Waals surface area (Å²) in [4.78, 5) is 0. The van der Waals surface area contributed by atoms with E-state index in [0.29, 0.717) is 5.75 Å². The van der Waals surface area contributed by atoms with Gasteiger partial charge >= 0.3 is 0 Å². The molecule has 1 N–H and O–H groups in total. The Labute approximate surface area is 135 Å². The molecule has 0 radical (unpaired) electrons. The molecule has 0 bridgehead atoms. The average molecular weight is 377 g/mol. The summed E-state index contributed by atoms with van der Waals surface area (Å²) in [6.07, 6.45) is 2.98. The number of hydrogen-bond acceptors (Lipinski definition) is 1. The maximum absolute atomic E-state index is 10.0. The molecule has 2 aromatic carbocycles. The molecule has 102 valence electrons. The van der Waals surface area contributed by atoms with Crippen molar-refractivity contribution in [3.63, 3.8) is 0 Å². The molecule has 3 rings (SSSR count). The second-order valence-electron chi connectivity index (χ2n) is 4.65. The number of aryl methyl sites for hydroxylation is 2. The van der Waals surface area contributed by atoms with Crippen LogP contribution in [0.2, 0.25) is 0 Å². The fourth-order valence-electron chi connectivity index (χ4n) is 2.40. The second kappa shape index (κ2) is 6.70. The highest BCUT2D eigenvalue weighted by Crippen LogP contribution is 2.20. The molecule has 0 fully saturated rings. The van der Waals surface area contributed by atoms with Crippen molar-refractivity contribution in [3.05, 3.63) is 72.4 Å². The van der Waals surface area contributed by atoms with Crippen molar-refractivity contribution < 1.29 is 33.7 Å². The van der Waals surface area contributed by atoms with Crippen LogP contribution in [0.5, 0.6) is 5.75 Å². The maximum Gasteiger partial charge on any atom is 0.254 e. The van der Waals surface area contributed by atoms with Crippen LogP contribution in [0.4, 0.5) is 0 Å². The molecule has 20 heavy (non-hydrogen) atoms. The monoisotopic (exact) mass is 377 g/mol. The summed E-state index contributed by atoms with van der Waals surface area (Å²) in [5.41, 5.74) is 2.21. The van der Waals surface area contributed by atoms with E-state index in [9.17, 15) is 5.11 Å². The van der Waals surface area contributed by atoms with Crippen LogP contribution in [0.3, 0.4) is 0 Å². The molecule has 0 atom stereocenters. The third kappa shape index (κ3) is 3.10. The molecule has 0 amide bonds. The van der Waals surface area contributed by atoms with Gasteiger partial charge in [-0.3, -0.25) is 0 Å². The van der Waals surface area contributed by atoms with Gasteiger partial charge in [0.05, 0.1) is 5.39 Å². The number of pyridine rings is 1. The standard InChI is InChI=1S/C17H15NO.HI/c19-16-10-4-8-15-9-5-12-18(17(15)16)13-11-14-6-2-1-3-7-14;/h1-10,12H,11,13H2;1H. The number of fused-ring (bicyclic) bond motifs is 1. The minimum absolute atomic E-state index is 0. The van der Waals surface area contributed by atoms with Gasteiger partial charge in [-0.15, -0.1) is 0 Å². The molecular formula is C17H16INO. The Morgan fingerprint density at radius 3 is 2.40 bits per heavy atom. The van der Waals surface area contributed by atoms with Crippen molar-refractivity contribution in [2.24, 2.45) is 0 Å². The number of aromatic hydroxyl groups is 1. The first-order chi connectivity index (χ1) is 9.34. The lowest BCUT2D eigenvalue weighted by Crippen LogP contribution is -3.00. The second-order valence-corrected chi connectivity index (χ2v) is 4.65. The molecule has 1 heterocycles. The number of para-hydroxylation sites is 1. The topological polar surface area (TPSA) is 24.1 Å². The SMILES string of the molecule is Oc1cccc2ccc[n+](CCc3ccccc3)c12.[I-]. The lowest BCUT2D eigenvalue weighted by atomic mass is 10.1. The van der Waals surface area contributed by atoms with Crippen LogP contribution in [-0.2, 0) is 13.0 Å². The average Bonchev–Trinajstić information content (AvgIpc) is 2.46. The van der Waals surface area contributed by atoms with Crippen molar-refractivity contribution in [2.45, 2.75) is 13.0 Å². The molecule has 0 saturated heterocycles. The summed E-state index contributed by atoms with van der Waals surface area (Å²) in [5.74, 6) is 0.339. The van der Waals surface area contributed by atoms with Gasteiger partial charge < -0.3 is 29.1 Å². The minimum Gasteiger partial charge on any atom is -1.00 e. The molecule has 0 aliphatic heterocycles. The minimum atomic E-state index is 0. The molecule has 3 heteroatoms. The van der Waals surface area contributed by atoms with Crippen LogP contribution in [0.1, 0.15) is 5.56 Å². The Morgan fingerprint density at radius 1 is 0.850 bits per heavy atom. The molecule has 0 aliphatic carbocycles. The molecule has 3 aromatic rings. The van der Waals surface area contributed by atoms with Crippen molar-refractivity contribution in [1.82, 2.24) is 0 Å².